The lowest BCUT2D eigenvalue weighted by molar-refractivity contribution is 0.00412. The zero-order valence-corrected chi connectivity index (χ0v) is 21.0. The summed E-state index contributed by atoms with van der Waals surface area (Å²) in [6.45, 7) is 11.0. The molecule has 35 heavy (non-hydrogen) atoms. The second-order valence-corrected chi connectivity index (χ2v) is 10.5. The lowest BCUT2D eigenvalue weighted by atomic mass is 10.1. The normalized spacial score (nSPS) is 20.0. The Morgan fingerprint density at radius 1 is 1.06 bits per heavy atom. The van der Waals surface area contributed by atoms with Gasteiger partial charge in [-0.05, 0) is 31.2 Å². The molecule has 2 saturated heterocycles. The maximum Gasteiger partial charge on any atom is 0.0877 e. The van der Waals surface area contributed by atoms with E-state index >= 15 is 0 Å². The van der Waals surface area contributed by atoms with Crippen molar-refractivity contribution in [3.8, 4) is 10.4 Å². The molecule has 0 spiro atoms. The van der Waals surface area contributed by atoms with E-state index in [4.69, 9.17) is 4.74 Å². The molecule has 6 rings (SSSR count). The van der Waals surface area contributed by atoms with Gasteiger partial charge in [0.15, 0.2) is 0 Å². The highest BCUT2D eigenvalue weighted by molar-refractivity contribution is 7.14. The quantitative estimate of drug-likeness (QED) is 0.442. The number of nitrogens with zero attached hydrogens (tertiary/aromatic N) is 5. The van der Waals surface area contributed by atoms with E-state index in [-0.39, 0.29) is 6.10 Å². The smallest absolute Gasteiger partial charge is 0.0877 e. The van der Waals surface area contributed by atoms with Crippen LogP contribution in [0.5, 0.6) is 0 Å². The van der Waals surface area contributed by atoms with Crippen LogP contribution in [0.25, 0.3) is 21.3 Å². The number of thiophene rings is 1. The summed E-state index contributed by atoms with van der Waals surface area (Å²) in [5, 5.41) is 10.8. The molecule has 3 aromatic heterocycles. The third-order valence-electron chi connectivity index (χ3n) is 7.10. The van der Waals surface area contributed by atoms with Crippen LogP contribution in [0, 0.1) is 6.92 Å². The van der Waals surface area contributed by atoms with Gasteiger partial charge >= 0.3 is 0 Å². The van der Waals surface area contributed by atoms with Crippen LogP contribution in [0.15, 0.2) is 54.0 Å². The summed E-state index contributed by atoms with van der Waals surface area (Å²) in [4.78, 5) is 13.5. The highest BCUT2D eigenvalue weighted by Crippen LogP contribution is 2.36. The molecule has 7 nitrogen and oxygen atoms in total. The fraction of sp³-hybridized carbons (Fsp3) is 0.407. The second-order valence-electron chi connectivity index (χ2n) is 9.59. The molecule has 5 heterocycles. The number of H-pyrrole nitrogens is 1. The SMILES string of the molecule is Cc1cccc(CN2CCN(CC3CN(c4csc(-c5cccc6[nH]ncc56)c4)CCO3)CC2)n1. The van der Waals surface area contributed by atoms with Gasteiger partial charge in [-0.2, -0.15) is 5.10 Å². The molecule has 1 atom stereocenters. The Morgan fingerprint density at radius 3 is 2.80 bits per heavy atom. The molecule has 0 amide bonds. The molecule has 4 aromatic rings. The average molecular weight is 489 g/mol. The first-order valence-electron chi connectivity index (χ1n) is 12.5. The van der Waals surface area contributed by atoms with E-state index in [1.54, 1.807) is 0 Å². The van der Waals surface area contributed by atoms with Crippen LogP contribution >= 0.6 is 11.3 Å². The summed E-state index contributed by atoms with van der Waals surface area (Å²) in [6.07, 6.45) is 2.17. The molecular weight excluding hydrogens is 456 g/mol. The summed E-state index contributed by atoms with van der Waals surface area (Å²) < 4.78 is 6.19. The molecule has 2 aliphatic rings. The monoisotopic (exact) mass is 488 g/mol. The molecule has 0 radical (unpaired) electrons. The largest absolute Gasteiger partial charge is 0.373 e. The molecular formula is C27H32N6OS. The molecule has 2 aliphatic heterocycles. The maximum absolute atomic E-state index is 6.19. The van der Waals surface area contributed by atoms with Gasteiger partial charge in [-0.15, -0.1) is 11.3 Å². The van der Waals surface area contributed by atoms with Crippen LogP contribution in [0.2, 0.25) is 0 Å². The summed E-state index contributed by atoms with van der Waals surface area (Å²) in [6, 6.07) is 15.0. The van der Waals surface area contributed by atoms with Gasteiger partial charge in [-0.1, -0.05) is 18.2 Å². The molecule has 2 fully saturated rings. The van der Waals surface area contributed by atoms with Crippen molar-refractivity contribution in [1.29, 1.82) is 0 Å². The molecule has 1 aromatic carbocycles. The van der Waals surface area contributed by atoms with Crippen LogP contribution in [0.4, 0.5) is 5.69 Å². The van der Waals surface area contributed by atoms with Crippen molar-refractivity contribution >= 4 is 27.9 Å². The number of rotatable bonds is 6. The lowest BCUT2D eigenvalue weighted by Crippen LogP contribution is -2.52. The Labute approximate surface area is 210 Å². The number of hydrogen-bond acceptors (Lipinski definition) is 7. The predicted molar refractivity (Wildman–Crippen MR) is 142 cm³/mol. The fourth-order valence-electron chi connectivity index (χ4n) is 5.22. The molecule has 0 aliphatic carbocycles. The summed E-state index contributed by atoms with van der Waals surface area (Å²) in [5.41, 5.74) is 5.89. The number of aromatic nitrogens is 3. The van der Waals surface area contributed by atoms with E-state index in [0.717, 1.165) is 70.2 Å². The zero-order valence-electron chi connectivity index (χ0n) is 20.2. The Bertz CT molecular complexity index is 1280. The van der Waals surface area contributed by atoms with Crippen molar-refractivity contribution in [2.75, 3.05) is 57.3 Å². The van der Waals surface area contributed by atoms with Gasteiger partial charge in [0.25, 0.3) is 0 Å². The number of hydrogen-bond donors (Lipinski definition) is 1. The predicted octanol–water partition coefficient (Wildman–Crippen LogP) is 4.02. The van der Waals surface area contributed by atoms with E-state index < -0.39 is 0 Å². The minimum absolute atomic E-state index is 0.245. The Kier molecular flexibility index (Phi) is 6.52. The van der Waals surface area contributed by atoms with E-state index in [1.165, 1.54) is 27.2 Å². The Hall–Kier alpha value is -2.78. The highest BCUT2D eigenvalue weighted by Gasteiger charge is 2.26. The first-order chi connectivity index (χ1) is 17.2. The van der Waals surface area contributed by atoms with Gasteiger partial charge in [0.05, 0.1) is 30.1 Å². The standard InChI is InChI=1S/C27H32N6OS/c1-20-4-2-5-21(29-20)16-31-8-10-32(11-9-31)17-23-18-33(12-13-34-23)22-14-27(35-19-22)24-6-3-7-26-25(24)15-28-30-26/h2-7,14-15,19,23H,8-13,16-18H2,1H3,(H,28,30). The number of fused-ring (bicyclic) bond motifs is 1. The maximum atomic E-state index is 6.19. The van der Waals surface area contributed by atoms with Gasteiger partial charge in [0, 0.05) is 84.9 Å². The van der Waals surface area contributed by atoms with Gasteiger partial charge in [0.2, 0.25) is 0 Å². The molecule has 0 saturated carbocycles. The highest BCUT2D eigenvalue weighted by atomic mass is 32.1. The minimum Gasteiger partial charge on any atom is -0.373 e. The van der Waals surface area contributed by atoms with Crippen molar-refractivity contribution in [1.82, 2.24) is 25.0 Å². The van der Waals surface area contributed by atoms with Crippen molar-refractivity contribution in [2.45, 2.75) is 19.6 Å². The van der Waals surface area contributed by atoms with Crippen molar-refractivity contribution in [3.05, 3.63) is 65.4 Å². The number of ether oxygens (including phenoxy) is 1. The van der Waals surface area contributed by atoms with Crippen LogP contribution in [-0.4, -0.2) is 83.5 Å². The van der Waals surface area contributed by atoms with Crippen molar-refractivity contribution < 1.29 is 4.74 Å². The number of morpholine rings is 1. The minimum atomic E-state index is 0.245. The van der Waals surface area contributed by atoms with Crippen LogP contribution in [-0.2, 0) is 11.3 Å². The van der Waals surface area contributed by atoms with E-state index in [9.17, 15) is 0 Å². The molecule has 8 heteroatoms. The summed E-state index contributed by atoms with van der Waals surface area (Å²) in [7, 11) is 0. The summed E-state index contributed by atoms with van der Waals surface area (Å²) in [5.74, 6) is 0. The number of nitrogens with one attached hydrogen (secondary N) is 1. The molecule has 0 bridgehead atoms. The number of aryl methyl sites for hydroxylation is 1. The van der Waals surface area contributed by atoms with Crippen molar-refractivity contribution in [2.24, 2.45) is 0 Å². The first kappa shape index (κ1) is 22.7. The molecule has 1 unspecified atom stereocenters. The fourth-order valence-corrected chi connectivity index (χ4v) is 6.17. The van der Waals surface area contributed by atoms with Crippen molar-refractivity contribution in [3.63, 3.8) is 0 Å². The van der Waals surface area contributed by atoms with Gasteiger partial charge in [-0.25, -0.2) is 0 Å². The summed E-state index contributed by atoms with van der Waals surface area (Å²) >= 11 is 1.81. The van der Waals surface area contributed by atoms with Gasteiger partial charge < -0.3 is 9.64 Å². The van der Waals surface area contributed by atoms with E-state index in [0.29, 0.717) is 0 Å². The van der Waals surface area contributed by atoms with E-state index in [1.807, 2.05) is 17.5 Å². The third kappa shape index (κ3) is 5.11. The number of pyridine rings is 1. The van der Waals surface area contributed by atoms with Crippen LogP contribution in [0.3, 0.4) is 0 Å². The van der Waals surface area contributed by atoms with Crippen LogP contribution in [0.1, 0.15) is 11.4 Å². The Morgan fingerprint density at radius 2 is 1.91 bits per heavy atom. The topological polar surface area (TPSA) is 60.5 Å². The number of anilines is 1. The lowest BCUT2D eigenvalue weighted by Gasteiger charge is -2.39. The zero-order chi connectivity index (χ0) is 23.6. The number of piperazine rings is 1. The molecule has 182 valence electrons. The second kappa shape index (κ2) is 10.1. The number of benzene rings is 1. The number of aromatic amines is 1. The van der Waals surface area contributed by atoms with Gasteiger partial charge in [-0.3, -0.25) is 19.9 Å². The average Bonchev–Trinajstić information content (AvgIpc) is 3.56. The molecule has 1 N–H and O–H groups in total. The first-order valence-corrected chi connectivity index (χ1v) is 13.3. The van der Waals surface area contributed by atoms with Crippen LogP contribution < -0.4 is 4.90 Å². The Balaban J connectivity index is 1.04. The third-order valence-corrected chi connectivity index (χ3v) is 8.05. The van der Waals surface area contributed by atoms with Gasteiger partial charge in [0.1, 0.15) is 0 Å². The van der Waals surface area contributed by atoms with E-state index in [2.05, 4.69) is 84.6 Å².